The van der Waals surface area contributed by atoms with Crippen molar-refractivity contribution in [3.8, 4) is 0 Å². The molecule has 6 nitrogen and oxygen atoms in total. The van der Waals surface area contributed by atoms with Gasteiger partial charge in [0.2, 0.25) is 0 Å². The average molecular weight is 355 g/mol. The molecular weight excluding hydrogens is 312 g/mol. The lowest BCUT2D eigenvalue weighted by atomic mass is 10.1. The first-order chi connectivity index (χ1) is 11.5. The zero-order valence-corrected chi connectivity index (χ0v) is 17.2. The Bertz CT molecular complexity index is 236. The normalized spacial score (nSPS) is 21.9. The van der Waals surface area contributed by atoms with Crippen molar-refractivity contribution < 1.29 is 29.6 Å². The van der Waals surface area contributed by atoms with Gasteiger partial charge in [0.05, 0.1) is 6.61 Å². The minimum Gasteiger partial charge on any atom is -0.463 e. The van der Waals surface area contributed by atoms with Crippen molar-refractivity contribution >= 4 is 5.97 Å². The van der Waals surface area contributed by atoms with E-state index in [9.17, 15) is 15.0 Å². The molecule has 0 amide bonds. The van der Waals surface area contributed by atoms with Crippen LogP contribution in [0.4, 0.5) is 0 Å². The Morgan fingerprint density at radius 2 is 1.50 bits per heavy atom. The fourth-order valence-corrected chi connectivity index (χ4v) is 1.34. The van der Waals surface area contributed by atoms with Gasteiger partial charge in [0, 0.05) is 6.42 Å². The lowest BCUT2D eigenvalue weighted by molar-refractivity contribution is -0.150. The highest BCUT2D eigenvalue weighted by Gasteiger charge is 2.39. The third kappa shape index (κ3) is 16.2. The van der Waals surface area contributed by atoms with Crippen molar-refractivity contribution in [1.29, 1.82) is 0 Å². The Morgan fingerprint density at radius 1 is 1.08 bits per heavy atom. The Kier molecular flexibility index (Phi) is 31.8. The van der Waals surface area contributed by atoms with E-state index in [1.54, 1.807) is 6.92 Å². The number of aliphatic hydroxyl groups excluding tert-OH is 3. The second-order valence-electron chi connectivity index (χ2n) is 4.17. The predicted octanol–water partition coefficient (Wildman–Crippen LogP) is 2.92. The van der Waals surface area contributed by atoms with E-state index in [2.05, 4.69) is 18.6 Å². The van der Waals surface area contributed by atoms with Gasteiger partial charge in [0.1, 0.15) is 31.0 Å². The second kappa shape index (κ2) is 24.6. The molecule has 1 fully saturated rings. The highest BCUT2D eigenvalue weighted by Crippen LogP contribution is 2.17. The molecule has 1 saturated heterocycles. The summed E-state index contributed by atoms with van der Waals surface area (Å²) in [5.41, 5.74) is 0. The molecule has 0 aliphatic carbocycles. The van der Waals surface area contributed by atoms with Crippen molar-refractivity contribution in [2.75, 3.05) is 13.2 Å². The van der Waals surface area contributed by atoms with Gasteiger partial charge in [-0.05, 0) is 0 Å². The van der Waals surface area contributed by atoms with Crippen molar-refractivity contribution in [3.05, 3.63) is 0 Å². The zero-order valence-electron chi connectivity index (χ0n) is 17.2. The van der Waals surface area contributed by atoms with E-state index in [0.29, 0.717) is 0 Å². The first-order valence-corrected chi connectivity index (χ1v) is 9.29. The van der Waals surface area contributed by atoms with Crippen LogP contribution in [0.3, 0.4) is 0 Å². The van der Waals surface area contributed by atoms with E-state index >= 15 is 0 Å². The van der Waals surface area contributed by atoms with Crippen molar-refractivity contribution in [2.24, 2.45) is 0 Å². The summed E-state index contributed by atoms with van der Waals surface area (Å²) in [6, 6.07) is 0. The van der Waals surface area contributed by atoms with Crippen LogP contribution in [-0.2, 0) is 14.3 Å². The van der Waals surface area contributed by atoms with Crippen LogP contribution in [0.1, 0.15) is 75.2 Å². The molecule has 0 aromatic heterocycles. The van der Waals surface area contributed by atoms with Gasteiger partial charge < -0.3 is 24.8 Å². The zero-order chi connectivity index (χ0) is 20.1. The third-order valence-corrected chi connectivity index (χ3v) is 2.27. The molecule has 0 bridgehead atoms. The average Bonchev–Trinajstić information content (AvgIpc) is 2.97. The molecule has 0 spiro atoms. The minimum atomic E-state index is -1.14. The summed E-state index contributed by atoms with van der Waals surface area (Å²) in [5, 5.41) is 28.0. The molecule has 1 heterocycles. The number of aliphatic hydroxyl groups is 3. The first kappa shape index (κ1) is 31.1. The molecule has 1 aliphatic heterocycles. The molecular formula is C18H42O6. The summed E-state index contributed by atoms with van der Waals surface area (Å²) in [5.74, 6) is -0.429. The van der Waals surface area contributed by atoms with Crippen LogP contribution < -0.4 is 0 Å². The monoisotopic (exact) mass is 354 g/mol. The molecule has 24 heavy (non-hydrogen) atoms. The predicted molar refractivity (Wildman–Crippen MR) is 99.0 cm³/mol. The van der Waals surface area contributed by atoms with Crippen LogP contribution >= 0.6 is 0 Å². The first-order valence-electron chi connectivity index (χ1n) is 9.29. The SMILES string of the molecule is CC.CC.CC.CCC.CCC(=O)OC[C@@H](O)[C@H]1OCC(O)[C@@H]1O. The largest absolute Gasteiger partial charge is 0.463 e. The van der Waals surface area contributed by atoms with E-state index < -0.39 is 30.4 Å². The highest BCUT2D eigenvalue weighted by molar-refractivity contribution is 5.68. The molecule has 0 aromatic rings. The van der Waals surface area contributed by atoms with Crippen LogP contribution in [0.5, 0.6) is 0 Å². The van der Waals surface area contributed by atoms with Gasteiger partial charge in [-0.1, -0.05) is 68.7 Å². The molecule has 3 N–H and O–H groups in total. The van der Waals surface area contributed by atoms with Crippen molar-refractivity contribution in [1.82, 2.24) is 0 Å². The summed E-state index contributed by atoms with van der Waals surface area (Å²) in [4.78, 5) is 10.8. The number of ether oxygens (including phenoxy) is 2. The topological polar surface area (TPSA) is 96.2 Å². The number of carbonyl (C=O) groups excluding carboxylic acids is 1. The lowest BCUT2D eigenvalue weighted by Gasteiger charge is -2.20. The summed E-state index contributed by atoms with van der Waals surface area (Å²) in [6.07, 6.45) is -2.67. The maximum atomic E-state index is 10.8. The summed E-state index contributed by atoms with van der Waals surface area (Å²) >= 11 is 0. The highest BCUT2D eigenvalue weighted by atomic mass is 16.6. The van der Waals surface area contributed by atoms with E-state index in [4.69, 9.17) is 9.84 Å². The Hall–Kier alpha value is -0.690. The molecule has 1 aliphatic rings. The maximum absolute atomic E-state index is 10.8. The van der Waals surface area contributed by atoms with E-state index in [1.807, 2.05) is 41.5 Å². The number of rotatable bonds is 4. The van der Waals surface area contributed by atoms with Gasteiger partial charge in [-0.3, -0.25) is 4.79 Å². The lowest BCUT2D eigenvalue weighted by Crippen LogP contribution is -2.41. The minimum absolute atomic E-state index is 0.0232. The van der Waals surface area contributed by atoms with Crippen LogP contribution in [0.2, 0.25) is 0 Å². The molecule has 0 saturated carbocycles. The van der Waals surface area contributed by atoms with Crippen molar-refractivity contribution in [3.63, 3.8) is 0 Å². The second-order valence-corrected chi connectivity index (χ2v) is 4.17. The summed E-state index contributed by atoms with van der Waals surface area (Å²) < 4.78 is 9.65. The van der Waals surface area contributed by atoms with Crippen molar-refractivity contribution in [2.45, 2.75) is 99.6 Å². The Labute approximate surface area is 149 Å². The van der Waals surface area contributed by atoms with E-state index in [0.717, 1.165) is 0 Å². The van der Waals surface area contributed by atoms with Gasteiger partial charge >= 0.3 is 5.97 Å². The number of carbonyl (C=O) groups is 1. The van der Waals surface area contributed by atoms with Gasteiger partial charge in [-0.2, -0.15) is 0 Å². The smallest absolute Gasteiger partial charge is 0.305 e. The Balaban J connectivity index is -0.000000190. The molecule has 6 heteroatoms. The number of hydrogen-bond donors (Lipinski definition) is 3. The fraction of sp³-hybridized carbons (Fsp3) is 0.944. The molecule has 150 valence electrons. The molecule has 1 rings (SSSR count). The molecule has 0 radical (unpaired) electrons. The number of esters is 1. The molecule has 4 atom stereocenters. The quantitative estimate of drug-likeness (QED) is 0.672. The maximum Gasteiger partial charge on any atom is 0.305 e. The Morgan fingerprint density at radius 3 is 1.79 bits per heavy atom. The number of hydrogen-bond acceptors (Lipinski definition) is 6. The summed E-state index contributed by atoms with van der Waals surface area (Å²) in [7, 11) is 0. The standard InChI is InChI=1S/C9H16O6.C3H8.3C2H6/c1-2-7(12)14-4-6(11)9-8(13)5(10)3-15-9;1-3-2;3*1-2/h5-6,8-11,13H,2-4H2,1H3;3H2,1-2H3;3*1-2H3/t5?,6-,8+,9-;;;;/m1..../s1. The van der Waals surface area contributed by atoms with Gasteiger partial charge in [0.15, 0.2) is 0 Å². The van der Waals surface area contributed by atoms with Crippen LogP contribution in [0.25, 0.3) is 0 Å². The fourth-order valence-electron chi connectivity index (χ4n) is 1.34. The van der Waals surface area contributed by atoms with E-state index in [-0.39, 0.29) is 19.6 Å². The third-order valence-electron chi connectivity index (χ3n) is 2.27. The molecule has 0 aromatic carbocycles. The van der Waals surface area contributed by atoms with E-state index in [1.165, 1.54) is 6.42 Å². The van der Waals surface area contributed by atoms with Crippen LogP contribution in [-0.4, -0.2) is 58.9 Å². The molecule has 1 unspecified atom stereocenters. The van der Waals surface area contributed by atoms with Crippen LogP contribution in [0, 0.1) is 0 Å². The van der Waals surface area contributed by atoms with Gasteiger partial charge in [-0.15, -0.1) is 0 Å². The van der Waals surface area contributed by atoms with Gasteiger partial charge in [0.25, 0.3) is 0 Å². The van der Waals surface area contributed by atoms with Gasteiger partial charge in [-0.25, -0.2) is 0 Å². The summed E-state index contributed by atoms with van der Waals surface area (Å²) in [6.45, 7) is 17.6. The van der Waals surface area contributed by atoms with Crippen LogP contribution in [0.15, 0.2) is 0 Å².